The number of hydrogen-bond acceptors (Lipinski definition) is 3. The third-order valence-electron chi connectivity index (χ3n) is 4.93. The zero-order valence-electron chi connectivity index (χ0n) is 15.2. The molecule has 2 aromatic carbocycles. The van der Waals surface area contributed by atoms with E-state index >= 15 is 0 Å². The third kappa shape index (κ3) is 3.68. The molecule has 0 saturated carbocycles. The molecule has 1 saturated heterocycles. The molecule has 1 fully saturated rings. The molecule has 0 bridgehead atoms. The van der Waals surface area contributed by atoms with Crippen LogP contribution in [0.4, 0.5) is 0 Å². The SMILES string of the molecule is O=S(=O)(c1cn(-c2ccccc2)nc1-c1ccccc1)N1CCCCCC1. The molecule has 140 valence electrons. The lowest BCUT2D eigenvalue weighted by Crippen LogP contribution is -2.32. The zero-order chi connectivity index (χ0) is 18.7. The Morgan fingerprint density at radius 2 is 1.37 bits per heavy atom. The molecule has 6 heteroatoms. The normalized spacial score (nSPS) is 16.1. The van der Waals surface area contributed by atoms with Crippen molar-refractivity contribution in [1.29, 1.82) is 0 Å². The van der Waals surface area contributed by atoms with Gasteiger partial charge in [0.25, 0.3) is 0 Å². The monoisotopic (exact) mass is 381 g/mol. The van der Waals surface area contributed by atoms with Crippen LogP contribution in [0.15, 0.2) is 71.8 Å². The summed E-state index contributed by atoms with van der Waals surface area (Å²) in [6.07, 6.45) is 5.64. The number of sulfonamides is 1. The van der Waals surface area contributed by atoms with E-state index in [0.29, 0.717) is 18.8 Å². The maximum Gasteiger partial charge on any atom is 0.246 e. The van der Waals surface area contributed by atoms with Gasteiger partial charge < -0.3 is 0 Å². The van der Waals surface area contributed by atoms with Crippen LogP contribution in [0.3, 0.4) is 0 Å². The molecule has 0 unspecified atom stereocenters. The van der Waals surface area contributed by atoms with Crippen LogP contribution in [-0.4, -0.2) is 35.6 Å². The molecule has 3 aromatic rings. The summed E-state index contributed by atoms with van der Waals surface area (Å²) in [6, 6.07) is 19.1. The van der Waals surface area contributed by atoms with Gasteiger partial charge in [-0.25, -0.2) is 13.1 Å². The van der Waals surface area contributed by atoms with Gasteiger partial charge in [0, 0.05) is 18.7 Å². The molecule has 0 amide bonds. The number of benzene rings is 2. The fraction of sp³-hybridized carbons (Fsp3) is 0.286. The quantitative estimate of drug-likeness (QED) is 0.684. The molecule has 0 N–H and O–H groups in total. The van der Waals surface area contributed by atoms with Crippen LogP contribution in [0, 0.1) is 0 Å². The fourth-order valence-electron chi connectivity index (χ4n) is 3.48. The lowest BCUT2D eigenvalue weighted by Gasteiger charge is -2.19. The van der Waals surface area contributed by atoms with Crippen molar-refractivity contribution in [1.82, 2.24) is 14.1 Å². The molecule has 27 heavy (non-hydrogen) atoms. The van der Waals surface area contributed by atoms with Gasteiger partial charge in [-0.1, -0.05) is 61.4 Å². The molecule has 5 nitrogen and oxygen atoms in total. The number of nitrogens with zero attached hydrogens (tertiary/aromatic N) is 3. The molecule has 0 atom stereocenters. The summed E-state index contributed by atoms with van der Waals surface area (Å²) in [5.74, 6) is 0. The van der Waals surface area contributed by atoms with E-state index in [-0.39, 0.29) is 4.90 Å². The van der Waals surface area contributed by atoms with Gasteiger partial charge in [0.05, 0.1) is 11.9 Å². The summed E-state index contributed by atoms with van der Waals surface area (Å²) in [6.45, 7) is 1.15. The first-order valence-electron chi connectivity index (χ1n) is 9.37. The first-order valence-corrected chi connectivity index (χ1v) is 10.8. The van der Waals surface area contributed by atoms with Crippen molar-refractivity contribution in [2.24, 2.45) is 0 Å². The lowest BCUT2D eigenvalue weighted by molar-refractivity contribution is 0.424. The van der Waals surface area contributed by atoms with E-state index in [1.807, 2.05) is 60.7 Å². The van der Waals surface area contributed by atoms with Crippen molar-refractivity contribution in [3.8, 4) is 16.9 Å². The maximum absolute atomic E-state index is 13.5. The van der Waals surface area contributed by atoms with E-state index in [0.717, 1.165) is 36.9 Å². The van der Waals surface area contributed by atoms with Crippen LogP contribution in [0.2, 0.25) is 0 Å². The van der Waals surface area contributed by atoms with Gasteiger partial charge >= 0.3 is 0 Å². The average Bonchev–Trinajstić information content (AvgIpc) is 2.98. The van der Waals surface area contributed by atoms with E-state index in [1.54, 1.807) is 15.2 Å². The number of para-hydroxylation sites is 1. The Bertz CT molecular complexity index is 990. The molecule has 0 spiro atoms. The van der Waals surface area contributed by atoms with Crippen molar-refractivity contribution < 1.29 is 8.42 Å². The first-order chi connectivity index (χ1) is 13.2. The lowest BCUT2D eigenvalue weighted by atomic mass is 10.2. The van der Waals surface area contributed by atoms with Gasteiger partial charge in [-0.2, -0.15) is 9.40 Å². The van der Waals surface area contributed by atoms with Crippen molar-refractivity contribution in [3.63, 3.8) is 0 Å². The first kappa shape index (κ1) is 17.9. The van der Waals surface area contributed by atoms with Crippen molar-refractivity contribution in [2.75, 3.05) is 13.1 Å². The number of hydrogen-bond donors (Lipinski definition) is 0. The number of aromatic nitrogens is 2. The largest absolute Gasteiger partial charge is 0.246 e. The minimum atomic E-state index is -3.60. The van der Waals surface area contributed by atoms with E-state index in [2.05, 4.69) is 5.10 Å². The van der Waals surface area contributed by atoms with Crippen LogP contribution in [0.25, 0.3) is 16.9 Å². The molecule has 1 aromatic heterocycles. The molecular weight excluding hydrogens is 358 g/mol. The van der Waals surface area contributed by atoms with Crippen molar-refractivity contribution >= 4 is 10.0 Å². The summed E-state index contributed by atoms with van der Waals surface area (Å²) in [5.41, 5.74) is 2.15. The highest BCUT2D eigenvalue weighted by atomic mass is 32.2. The topological polar surface area (TPSA) is 55.2 Å². The predicted molar refractivity (Wildman–Crippen MR) is 106 cm³/mol. The Balaban J connectivity index is 1.84. The minimum Gasteiger partial charge on any atom is -0.239 e. The standard InChI is InChI=1S/C21H23N3O2S/c25-27(26,23-15-9-1-2-10-16-23)20-17-24(19-13-7-4-8-14-19)22-21(20)18-11-5-3-6-12-18/h3-8,11-14,17H,1-2,9-10,15-16H2. The zero-order valence-corrected chi connectivity index (χ0v) is 16.0. The molecule has 1 aliphatic heterocycles. The highest BCUT2D eigenvalue weighted by Gasteiger charge is 2.30. The second kappa shape index (κ2) is 7.66. The maximum atomic E-state index is 13.5. The predicted octanol–water partition coefficient (Wildman–Crippen LogP) is 4.10. The van der Waals surface area contributed by atoms with Crippen LogP contribution in [-0.2, 0) is 10.0 Å². The number of rotatable bonds is 4. The summed E-state index contributed by atoms with van der Waals surface area (Å²) >= 11 is 0. The average molecular weight is 382 g/mol. The summed E-state index contributed by atoms with van der Waals surface area (Å²) < 4.78 is 30.2. The van der Waals surface area contributed by atoms with Crippen molar-refractivity contribution in [3.05, 3.63) is 66.9 Å². The van der Waals surface area contributed by atoms with Gasteiger partial charge in [0.1, 0.15) is 10.6 Å². The molecule has 2 heterocycles. The smallest absolute Gasteiger partial charge is 0.239 e. The van der Waals surface area contributed by atoms with Crippen LogP contribution in [0.5, 0.6) is 0 Å². The Kier molecular flexibility index (Phi) is 5.09. The van der Waals surface area contributed by atoms with Crippen LogP contribution >= 0.6 is 0 Å². The Hall–Kier alpha value is -2.44. The minimum absolute atomic E-state index is 0.277. The van der Waals surface area contributed by atoms with Gasteiger partial charge in [-0.3, -0.25) is 0 Å². The third-order valence-corrected chi connectivity index (χ3v) is 6.83. The summed E-state index contributed by atoms with van der Waals surface area (Å²) in [4.78, 5) is 0.277. The Morgan fingerprint density at radius 3 is 2.00 bits per heavy atom. The van der Waals surface area contributed by atoms with Gasteiger partial charge in [-0.05, 0) is 25.0 Å². The Morgan fingerprint density at radius 1 is 0.778 bits per heavy atom. The molecule has 0 aliphatic carbocycles. The van der Waals surface area contributed by atoms with Crippen molar-refractivity contribution in [2.45, 2.75) is 30.6 Å². The van der Waals surface area contributed by atoms with Gasteiger partial charge in [0.15, 0.2) is 0 Å². The Labute approximate surface area is 160 Å². The fourth-order valence-corrected chi connectivity index (χ4v) is 5.13. The highest BCUT2D eigenvalue weighted by Crippen LogP contribution is 2.30. The van der Waals surface area contributed by atoms with Gasteiger partial charge in [-0.15, -0.1) is 0 Å². The molecule has 1 aliphatic rings. The van der Waals surface area contributed by atoms with E-state index < -0.39 is 10.0 Å². The second-order valence-electron chi connectivity index (χ2n) is 6.81. The van der Waals surface area contributed by atoms with E-state index in [9.17, 15) is 8.42 Å². The summed E-state index contributed by atoms with van der Waals surface area (Å²) in [5, 5.41) is 4.65. The second-order valence-corrected chi connectivity index (χ2v) is 8.71. The molecule has 0 radical (unpaired) electrons. The molecular formula is C21H23N3O2S. The highest BCUT2D eigenvalue weighted by molar-refractivity contribution is 7.89. The van der Waals surface area contributed by atoms with Gasteiger partial charge in [0.2, 0.25) is 10.0 Å². The van der Waals surface area contributed by atoms with E-state index in [4.69, 9.17) is 0 Å². The van der Waals surface area contributed by atoms with E-state index in [1.165, 1.54) is 0 Å². The van der Waals surface area contributed by atoms with Crippen LogP contribution < -0.4 is 0 Å². The summed E-state index contributed by atoms with van der Waals surface area (Å²) in [7, 11) is -3.60. The van der Waals surface area contributed by atoms with Crippen LogP contribution in [0.1, 0.15) is 25.7 Å². The molecule has 4 rings (SSSR count).